The molecule has 0 unspecified atom stereocenters. The molecule has 1 aliphatic carbocycles. The lowest BCUT2D eigenvalue weighted by molar-refractivity contribution is -0.113. The van der Waals surface area contributed by atoms with E-state index in [9.17, 15) is 10.1 Å². The van der Waals surface area contributed by atoms with E-state index < -0.39 is 0 Å². The maximum absolute atomic E-state index is 12.1. The zero-order valence-corrected chi connectivity index (χ0v) is 14.2. The van der Waals surface area contributed by atoms with Gasteiger partial charge in [-0.1, -0.05) is 29.5 Å². The number of aromatic nitrogens is 2. The summed E-state index contributed by atoms with van der Waals surface area (Å²) in [6.45, 7) is 0. The fourth-order valence-electron chi connectivity index (χ4n) is 2.46. The minimum Gasteiger partial charge on any atom is -0.316 e. The monoisotopic (exact) mass is 350 g/mol. The van der Waals surface area contributed by atoms with Crippen LogP contribution in [-0.2, 0) is 17.6 Å². The van der Waals surface area contributed by atoms with Gasteiger partial charge < -0.3 is 5.32 Å². The predicted octanol–water partition coefficient (Wildman–Crippen LogP) is 3.47. The van der Waals surface area contributed by atoms with Crippen molar-refractivity contribution in [1.29, 1.82) is 5.26 Å². The lowest BCUT2D eigenvalue weighted by atomic mass is 10.1. The summed E-state index contributed by atoms with van der Waals surface area (Å²) in [5.74, 6) is 0.177. The van der Waals surface area contributed by atoms with Gasteiger partial charge in [-0.3, -0.25) is 4.79 Å². The summed E-state index contributed by atoms with van der Waals surface area (Å²) < 4.78 is 0.776. The van der Waals surface area contributed by atoms with Crippen LogP contribution in [0, 0.1) is 11.3 Å². The summed E-state index contributed by atoms with van der Waals surface area (Å²) in [6, 6.07) is 2.28. The van der Waals surface area contributed by atoms with Gasteiger partial charge >= 0.3 is 0 Å². The van der Waals surface area contributed by atoms with Crippen LogP contribution in [0.2, 0.25) is 0 Å². The molecule has 8 heteroatoms. The Balaban J connectivity index is 1.69. The van der Waals surface area contributed by atoms with Gasteiger partial charge in [-0.2, -0.15) is 5.26 Å². The minimum atomic E-state index is -0.104. The minimum absolute atomic E-state index is 0.104. The second-order valence-corrected chi connectivity index (χ2v) is 8.08. The maximum Gasteiger partial charge on any atom is 0.235 e. The summed E-state index contributed by atoms with van der Waals surface area (Å²) >= 11 is 4.34. The van der Waals surface area contributed by atoms with E-state index in [0.717, 1.165) is 29.2 Å². The molecule has 0 spiro atoms. The molecule has 2 heterocycles. The topological polar surface area (TPSA) is 78.7 Å². The summed E-state index contributed by atoms with van der Waals surface area (Å²) in [4.78, 5) is 13.3. The van der Waals surface area contributed by atoms with Crippen LogP contribution in [0.5, 0.6) is 0 Å². The molecule has 0 fully saturated rings. The van der Waals surface area contributed by atoms with Crippen molar-refractivity contribution in [3.63, 3.8) is 0 Å². The number of aryl methyl sites for hydroxylation is 1. The second kappa shape index (κ2) is 7.22. The predicted molar refractivity (Wildman–Crippen MR) is 89.6 cm³/mol. The Kier molecular flexibility index (Phi) is 5.08. The molecule has 2 aromatic rings. The highest BCUT2D eigenvalue weighted by molar-refractivity contribution is 8.01. The number of hydrogen-bond acceptors (Lipinski definition) is 7. The molecule has 0 saturated heterocycles. The Morgan fingerprint density at radius 3 is 3.05 bits per heavy atom. The smallest absolute Gasteiger partial charge is 0.235 e. The first-order valence-electron chi connectivity index (χ1n) is 7.01. The molecule has 0 aliphatic heterocycles. The third-order valence-electron chi connectivity index (χ3n) is 3.45. The van der Waals surface area contributed by atoms with Gasteiger partial charge in [0.15, 0.2) is 4.34 Å². The Labute approximate surface area is 140 Å². The van der Waals surface area contributed by atoms with E-state index in [4.69, 9.17) is 0 Å². The van der Waals surface area contributed by atoms with Gasteiger partial charge in [0.2, 0.25) is 5.91 Å². The molecule has 1 N–H and O–H groups in total. The van der Waals surface area contributed by atoms with Gasteiger partial charge in [0.1, 0.15) is 16.6 Å². The molecule has 0 aromatic carbocycles. The first-order valence-corrected chi connectivity index (χ1v) is 9.69. The van der Waals surface area contributed by atoms with Crippen LogP contribution in [0.4, 0.5) is 5.00 Å². The molecule has 22 heavy (non-hydrogen) atoms. The number of thiophene rings is 1. The number of nitrogens with zero attached hydrogens (tertiary/aromatic N) is 3. The number of nitriles is 1. The molecule has 1 amide bonds. The summed E-state index contributed by atoms with van der Waals surface area (Å²) in [5, 5.41) is 20.7. The van der Waals surface area contributed by atoms with Gasteiger partial charge in [-0.25, -0.2) is 0 Å². The van der Waals surface area contributed by atoms with Gasteiger partial charge in [-0.15, -0.1) is 21.5 Å². The summed E-state index contributed by atoms with van der Waals surface area (Å²) in [5.41, 5.74) is 3.46. The van der Waals surface area contributed by atoms with Gasteiger partial charge in [0, 0.05) is 4.88 Å². The van der Waals surface area contributed by atoms with Crippen molar-refractivity contribution in [2.24, 2.45) is 0 Å². The van der Waals surface area contributed by atoms with E-state index >= 15 is 0 Å². The van der Waals surface area contributed by atoms with Crippen LogP contribution >= 0.6 is 34.4 Å². The van der Waals surface area contributed by atoms with Gasteiger partial charge in [0.25, 0.3) is 0 Å². The third-order valence-corrected chi connectivity index (χ3v) is 6.52. The molecule has 3 rings (SSSR count). The fourth-order valence-corrected chi connectivity index (χ4v) is 5.01. The molecule has 114 valence electrons. The van der Waals surface area contributed by atoms with Crippen LogP contribution < -0.4 is 5.32 Å². The molecule has 2 aromatic heterocycles. The first-order chi connectivity index (χ1) is 10.8. The average Bonchev–Trinajstić information content (AvgIpc) is 3.08. The number of hydrogen-bond donors (Lipinski definition) is 1. The molecule has 0 bridgehead atoms. The van der Waals surface area contributed by atoms with E-state index in [2.05, 4.69) is 21.6 Å². The van der Waals surface area contributed by atoms with Crippen molar-refractivity contribution in [1.82, 2.24) is 10.2 Å². The van der Waals surface area contributed by atoms with Crippen LogP contribution in [0.3, 0.4) is 0 Å². The normalized spacial score (nSPS) is 14.0. The first kappa shape index (κ1) is 15.5. The van der Waals surface area contributed by atoms with Crippen molar-refractivity contribution >= 4 is 45.3 Å². The molecular formula is C14H14N4OS3. The van der Waals surface area contributed by atoms with Crippen molar-refractivity contribution < 1.29 is 4.79 Å². The molecule has 0 atom stereocenters. The summed E-state index contributed by atoms with van der Waals surface area (Å²) in [6.07, 6.45) is 5.47. The highest BCUT2D eigenvalue weighted by Crippen LogP contribution is 2.37. The van der Waals surface area contributed by atoms with E-state index in [1.807, 2.05) is 0 Å². The van der Waals surface area contributed by atoms with E-state index in [1.165, 1.54) is 40.8 Å². The largest absolute Gasteiger partial charge is 0.316 e. The highest BCUT2D eigenvalue weighted by Gasteiger charge is 2.21. The Hall–Kier alpha value is -1.43. The SMILES string of the molecule is N#Cc1c(NC(=O)CSc2nncs2)sc2c1CCCCC2. The van der Waals surface area contributed by atoms with Crippen molar-refractivity contribution in [3.8, 4) is 6.07 Å². The number of nitrogens with one attached hydrogen (secondary N) is 1. The molecule has 0 saturated carbocycles. The van der Waals surface area contributed by atoms with Crippen LogP contribution in [0.1, 0.15) is 35.3 Å². The number of carbonyl (C=O) groups is 1. The number of carbonyl (C=O) groups excluding carboxylic acids is 1. The zero-order valence-electron chi connectivity index (χ0n) is 11.8. The van der Waals surface area contributed by atoms with Crippen molar-refractivity contribution in [3.05, 3.63) is 21.5 Å². The van der Waals surface area contributed by atoms with Crippen LogP contribution in [0.15, 0.2) is 9.85 Å². The van der Waals surface area contributed by atoms with Crippen molar-refractivity contribution in [2.45, 2.75) is 36.4 Å². The number of anilines is 1. The van der Waals surface area contributed by atoms with Gasteiger partial charge in [-0.05, 0) is 31.2 Å². The van der Waals surface area contributed by atoms with Crippen LogP contribution in [-0.4, -0.2) is 21.9 Å². The lowest BCUT2D eigenvalue weighted by Gasteiger charge is -2.02. The zero-order chi connectivity index (χ0) is 15.4. The highest BCUT2D eigenvalue weighted by atomic mass is 32.2. The molecule has 1 aliphatic rings. The lowest BCUT2D eigenvalue weighted by Crippen LogP contribution is -2.13. The van der Waals surface area contributed by atoms with E-state index in [0.29, 0.717) is 10.6 Å². The summed E-state index contributed by atoms with van der Waals surface area (Å²) in [7, 11) is 0. The average molecular weight is 350 g/mol. The second-order valence-electron chi connectivity index (χ2n) is 4.92. The van der Waals surface area contributed by atoms with Crippen molar-refractivity contribution in [2.75, 3.05) is 11.1 Å². The Bertz CT molecular complexity index is 702. The van der Waals surface area contributed by atoms with E-state index in [1.54, 1.807) is 16.8 Å². The number of fused-ring (bicyclic) bond motifs is 1. The number of rotatable bonds is 4. The van der Waals surface area contributed by atoms with E-state index in [-0.39, 0.29) is 11.7 Å². The Morgan fingerprint density at radius 1 is 1.41 bits per heavy atom. The molecular weight excluding hydrogens is 336 g/mol. The Morgan fingerprint density at radius 2 is 2.27 bits per heavy atom. The van der Waals surface area contributed by atoms with Crippen LogP contribution in [0.25, 0.3) is 0 Å². The maximum atomic E-state index is 12.1. The van der Waals surface area contributed by atoms with Gasteiger partial charge in [0.05, 0.1) is 11.3 Å². The number of thioether (sulfide) groups is 1. The standard InChI is InChI=1S/C14H14N4OS3/c15-6-10-9-4-2-1-3-5-11(9)22-13(10)17-12(19)7-20-14-18-16-8-21-14/h8H,1-5,7H2,(H,17,19). The fraction of sp³-hybridized carbons (Fsp3) is 0.429. The number of amides is 1. The molecule has 0 radical (unpaired) electrons. The third kappa shape index (κ3) is 3.48. The quantitative estimate of drug-likeness (QED) is 0.675. The molecule has 5 nitrogen and oxygen atoms in total.